The minimum atomic E-state index is -2.32. The summed E-state index contributed by atoms with van der Waals surface area (Å²) >= 11 is -0.249. The summed E-state index contributed by atoms with van der Waals surface area (Å²) in [7, 11) is 0. The normalized spacial score (nSPS) is 11.8. The third kappa shape index (κ3) is 6.39. The number of aromatic nitrogens is 1. The van der Waals surface area contributed by atoms with E-state index in [1.54, 1.807) is 3.02 Å². The molecule has 0 saturated carbocycles. The van der Waals surface area contributed by atoms with Gasteiger partial charge < -0.3 is 0 Å². The zero-order chi connectivity index (χ0) is 18.0. The van der Waals surface area contributed by atoms with Crippen LogP contribution in [0.2, 0.25) is 13.3 Å². The summed E-state index contributed by atoms with van der Waals surface area (Å²) in [6.07, 6.45) is 11.5. The number of benzene rings is 1. The molecule has 1 nitrogen and oxygen atoms in total. The first-order valence-corrected chi connectivity index (χ1v) is 18.5. The first-order valence-electron chi connectivity index (χ1n) is 10.2. The van der Waals surface area contributed by atoms with E-state index in [-0.39, 0.29) is 0 Å². The van der Waals surface area contributed by atoms with E-state index in [0.717, 1.165) is 6.42 Å². The zero-order valence-electron chi connectivity index (χ0n) is 16.4. The van der Waals surface area contributed by atoms with Gasteiger partial charge in [-0.05, 0) is 0 Å². The summed E-state index contributed by atoms with van der Waals surface area (Å²) in [5.74, 6) is 0. The predicted molar refractivity (Wildman–Crippen MR) is 116 cm³/mol. The molecule has 3 heteroatoms. The fraction of sp³-hybridized carbons (Fsp3) is 0.591. The first-order chi connectivity index (χ1) is 12.2. The molecule has 0 bridgehead atoms. The molecular formula is C22H35NSSn. The van der Waals surface area contributed by atoms with E-state index in [0.29, 0.717) is 0 Å². The molecule has 2 rings (SSSR count). The van der Waals surface area contributed by atoms with Gasteiger partial charge in [0, 0.05) is 0 Å². The van der Waals surface area contributed by atoms with Gasteiger partial charge in [-0.2, -0.15) is 0 Å². The zero-order valence-corrected chi connectivity index (χ0v) is 20.1. The molecule has 0 aliphatic rings. The molecule has 138 valence electrons. The van der Waals surface area contributed by atoms with Crippen molar-refractivity contribution in [2.45, 2.75) is 79.0 Å². The van der Waals surface area contributed by atoms with Gasteiger partial charge in [0.1, 0.15) is 0 Å². The summed E-state index contributed by atoms with van der Waals surface area (Å²) in [6, 6.07) is 10.9. The number of nitrogens with zero attached hydrogens (tertiary/aromatic N) is 1. The van der Waals surface area contributed by atoms with Crippen molar-refractivity contribution in [2.75, 3.05) is 0 Å². The van der Waals surface area contributed by atoms with E-state index in [1.807, 2.05) is 0 Å². The predicted octanol–water partition coefficient (Wildman–Crippen LogP) is 6.79. The summed E-state index contributed by atoms with van der Waals surface area (Å²) in [4.78, 5) is 6.52. The third-order valence-electron chi connectivity index (χ3n) is 5.26. The van der Waals surface area contributed by atoms with Crippen LogP contribution in [0, 0.1) is 0 Å². The summed E-state index contributed by atoms with van der Waals surface area (Å²) < 4.78 is 6.17. The van der Waals surface area contributed by atoms with Gasteiger partial charge >= 0.3 is 164 Å². The quantitative estimate of drug-likeness (QED) is 0.315. The molecule has 0 N–H and O–H groups in total. The molecule has 0 aliphatic heterocycles. The number of hydrogen-bond acceptors (Lipinski definition) is 2. The van der Waals surface area contributed by atoms with Crippen LogP contribution in [0.4, 0.5) is 0 Å². The molecule has 0 aliphatic carbocycles. The molecule has 0 fully saturated rings. The maximum atomic E-state index is 5.06. The fourth-order valence-corrected chi connectivity index (χ4v) is 23.4. The van der Waals surface area contributed by atoms with Crippen LogP contribution < -0.4 is 3.02 Å². The van der Waals surface area contributed by atoms with Gasteiger partial charge in [0.2, 0.25) is 0 Å². The molecule has 1 aromatic carbocycles. The van der Waals surface area contributed by atoms with Crippen LogP contribution in [-0.2, 0) is 6.42 Å². The second-order valence-corrected chi connectivity index (χ2v) is 22.5. The third-order valence-corrected chi connectivity index (χ3v) is 24.0. The van der Waals surface area contributed by atoms with Crippen LogP contribution >= 0.6 is 11.3 Å². The van der Waals surface area contributed by atoms with Gasteiger partial charge in [0.15, 0.2) is 0 Å². The van der Waals surface area contributed by atoms with Gasteiger partial charge in [-0.15, -0.1) is 0 Å². The van der Waals surface area contributed by atoms with E-state index < -0.39 is 18.4 Å². The second kappa shape index (κ2) is 11.4. The van der Waals surface area contributed by atoms with Crippen molar-refractivity contribution in [1.82, 2.24) is 4.98 Å². The molecule has 0 unspecified atom stereocenters. The molecule has 25 heavy (non-hydrogen) atoms. The molecule has 0 saturated heterocycles. The van der Waals surface area contributed by atoms with E-state index in [1.165, 1.54) is 62.3 Å². The van der Waals surface area contributed by atoms with E-state index in [4.69, 9.17) is 4.98 Å². The average Bonchev–Trinajstić information content (AvgIpc) is 3.11. The van der Waals surface area contributed by atoms with Crippen LogP contribution in [0.25, 0.3) is 0 Å². The molecular weight excluding hydrogens is 429 g/mol. The molecule has 1 aromatic heterocycles. The van der Waals surface area contributed by atoms with Gasteiger partial charge in [-0.3, -0.25) is 0 Å². The Morgan fingerprint density at radius 1 is 0.840 bits per heavy atom. The Hall–Kier alpha value is -0.351. The van der Waals surface area contributed by atoms with Gasteiger partial charge in [-0.25, -0.2) is 0 Å². The fourth-order valence-electron chi connectivity index (χ4n) is 3.67. The van der Waals surface area contributed by atoms with Crippen LogP contribution in [0.3, 0.4) is 0 Å². The Kier molecular flexibility index (Phi) is 9.54. The standard InChI is InChI=1S/C10H8NS.3C4H9.Sn/c1-2-4-9(5-3-1)6-10-7-11-8-12-10;3*1-3-4-2;/h1-5,7H,6H2;3*1,3-4H2,2H3;. The number of unbranched alkanes of at least 4 members (excludes halogenated alkanes) is 3. The first kappa shape index (κ1) is 21.0. The Morgan fingerprint density at radius 3 is 1.92 bits per heavy atom. The molecule has 0 amide bonds. The number of hydrogen-bond donors (Lipinski definition) is 0. The molecule has 0 radical (unpaired) electrons. The summed E-state index contributed by atoms with van der Waals surface area (Å²) in [5.41, 5.74) is 1.41. The summed E-state index contributed by atoms with van der Waals surface area (Å²) in [5, 5.41) is 0. The SMILES string of the molecule is CCC[CH2][Sn]([CH2]CCC)([CH2]CCC)[c]1ncc(Cc2ccccc2)s1. The Labute approximate surface area is 163 Å². The van der Waals surface area contributed by atoms with Crippen LogP contribution in [-0.4, -0.2) is 23.4 Å². The molecule has 1 heterocycles. The van der Waals surface area contributed by atoms with Crippen LogP contribution in [0.5, 0.6) is 0 Å². The van der Waals surface area contributed by atoms with Crippen LogP contribution in [0.15, 0.2) is 36.5 Å². The number of thiazole rings is 1. The van der Waals surface area contributed by atoms with Crippen molar-refractivity contribution in [3.8, 4) is 0 Å². The average molecular weight is 464 g/mol. The van der Waals surface area contributed by atoms with Crippen molar-refractivity contribution in [3.63, 3.8) is 0 Å². The minimum absolute atomic E-state index is 1.05. The van der Waals surface area contributed by atoms with Crippen LogP contribution in [0.1, 0.15) is 69.7 Å². The molecule has 0 atom stereocenters. The van der Waals surface area contributed by atoms with Crippen molar-refractivity contribution in [1.29, 1.82) is 0 Å². The Balaban J connectivity index is 2.22. The van der Waals surface area contributed by atoms with E-state index >= 15 is 0 Å². The maximum absolute atomic E-state index is 5.06. The van der Waals surface area contributed by atoms with Gasteiger partial charge in [-0.1, -0.05) is 0 Å². The Bertz CT molecular complexity index is 571. The topological polar surface area (TPSA) is 12.9 Å². The van der Waals surface area contributed by atoms with Crippen molar-refractivity contribution >= 4 is 32.7 Å². The molecule has 2 aromatic rings. The van der Waals surface area contributed by atoms with Gasteiger partial charge in [0.25, 0.3) is 0 Å². The monoisotopic (exact) mass is 465 g/mol. The number of rotatable bonds is 12. The summed E-state index contributed by atoms with van der Waals surface area (Å²) in [6.45, 7) is 7.04. The van der Waals surface area contributed by atoms with Gasteiger partial charge in [0.05, 0.1) is 0 Å². The molecule has 0 spiro atoms. The van der Waals surface area contributed by atoms with E-state index in [9.17, 15) is 0 Å². The van der Waals surface area contributed by atoms with Crippen molar-refractivity contribution in [3.05, 3.63) is 47.0 Å². The van der Waals surface area contributed by atoms with Crippen molar-refractivity contribution in [2.24, 2.45) is 0 Å². The van der Waals surface area contributed by atoms with Crippen molar-refractivity contribution < 1.29 is 0 Å². The van der Waals surface area contributed by atoms with E-state index in [2.05, 4.69) is 68.6 Å². The second-order valence-electron chi connectivity index (χ2n) is 7.39. The Morgan fingerprint density at radius 2 is 1.40 bits per heavy atom.